The van der Waals surface area contributed by atoms with Gasteiger partial charge >= 0.3 is 0 Å². The Hall–Kier alpha value is -2.72. The molecule has 3 heterocycles. The molecule has 2 saturated carbocycles. The average molecular weight is 428 g/mol. The molecule has 3 fully saturated rings. The smallest absolute Gasteiger partial charge is 0.241 e. The fraction of sp³-hybridized carbons (Fsp3) is 0.619. The van der Waals surface area contributed by atoms with Gasteiger partial charge in [-0.3, -0.25) is 4.79 Å². The van der Waals surface area contributed by atoms with Crippen molar-refractivity contribution in [3.8, 4) is 17.1 Å². The summed E-state index contributed by atoms with van der Waals surface area (Å²) >= 11 is 0. The number of carbonyl (C=O) groups excluding carboxylic acids is 1. The number of nitrogens with zero attached hydrogens (tertiary/aromatic N) is 5. The minimum absolute atomic E-state index is 0.0172. The zero-order chi connectivity index (χ0) is 21.4. The van der Waals surface area contributed by atoms with Crippen molar-refractivity contribution in [2.75, 3.05) is 39.2 Å². The number of rotatable bonds is 8. The molecule has 166 valence electrons. The first-order valence-electron chi connectivity index (χ1n) is 10.7. The zero-order valence-corrected chi connectivity index (χ0v) is 17.9. The van der Waals surface area contributed by atoms with Crippen molar-refractivity contribution in [2.45, 2.75) is 44.6 Å². The topological polar surface area (TPSA) is 104 Å². The van der Waals surface area contributed by atoms with Gasteiger partial charge in [0.05, 0.1) is 50.5 Å². The Morgan fingerprint density at radius 3 is 2.77 bits per heavy atom. The van der Waals surface area contributed by atoms with E-state index in [0.717, 1.165) is 31.7 Å². The van der Waals surface area contributed by atoms with Crippen LogP contribution >= 0.6 is 0 Å². The van der Waals surface area contributed by atoms with Crippen LogP contribution in [-0.2, 0) is 20.8 Å². The van der Waals surface area contributed by atoms with Crippen molar-refractivity contribution < 1.29 is 19.0 Å². The summed E-state index contributed by atoms with van der Waals surface area (Å²) in [6.07, 6.45) is 7.85. The molecule has 0 bridgehead atoms. The molecule has 0 atom stereocenters. The highest BCUT2D eigenvalue weighted by Gasteiger charge is 2.47. The Kier molecular flexibility index (Phi) is 5.27. The lowest BCUT2D eigenvalue weighted by Gasteiger charge is -2.29. The molecule has 2 aliphatic carbocycles. The van der Waals surface area contributed by atoms with Gasteiger partial charge in [0.2, 0.25) is 5.91 Å². The fourth-order valence-corrected chi connectivity index (χ4v) is 3.37. The summed E-state index contributed by atoms with van der Waals surface area (Å²) < 4.78 is 19.5. The van der Waals surface area contributed by atoms with Crippen molar-refractivity contribution in [2.24, 2.45) is 5.41 Å². The van der Waals surface area contributed by atoms with Crippen LogP contribution < -0.4 is 10.1 Å². The number of hydrogen-bond acceptors (Lipinski definition) is 8. The Labute approximate surface area is 180 Å². The van der Waals surface area contributed by atoms with Crippen LogP contribution in [0.2, 0.25) is 0 Å². The third-order valence-corrected chi connectivity index (χ3v) is 5.84. The number of ether oxygens (including phenoxy) is 3. The van der Waals surface area contributed by atoms with Crippen LogP contribution in [0.15, 0.2) is 18.5 Å². The second kappa shape index (κ2) is 8.08. The molecule has 1 aliphatic heterocycles. The molecule has 1 saturated heterocycles. The zero-order valence-electron chi connectivity index (χ0n) is 17.9. The summed E-state index contributed by atoms with van der Waals surface area (Å²) in [5, 5.41) is 11.6. The summed E-state index contributed by atoms with van der Waals surface area (Å²) in [7, 11) is 3.45. The van der Waals surface area contributed by atoms with Gasteiger partial charge in [0.1, 0.15) is 17.1 Å². The molecule has 31 heavy (non-hydrogen) atoms. The summed E-state index contributed by atoms with van der Waals surface area (Å²) in [5.74, 6) is 0.620. The highest BCUT2D eigenvalue weighted by atomic mass is 16.7. The van der Waals surface area contributed by atoms with Gasteiger partial charge in [-0.25, -0.2) is 9.67 Å². The number of nitrogens with one attached hydrogen (secondary N) is 1. The van der Waals surface area contributed by atoms with E-state index in [1.807, 2.05) is 12.3 Å². The first-order valence-corrected chi connectivity index (χ1v) is 10.7. The second-order valence-corrected chi connectivity index (χ2v) is 8.91. The lowest BCUT2D eigenvalue weighted by molar-refractivity contribution is -0.213. The lowest BCUT2D eigenvalue weighted by Crippen LogP contribution is -2.36. The standard InChI is InChI=1S/C21H28N6O4/c1-26(2)18(28)9-22-14-7-17(31-15-3-4-15)20(23-8-14)16-10-27(25-24-16)11-19-29-12-21(5-6-21)13-30-19/h7-8,10,15,19,22H,3-6,9,11-13H2,1-2H3. The van der Waals surface area contributed by atoms with E-state index in [2.05, 4.69) is 20.6 Å². The van der Waals surface area contributed by atoms with E-state index < -0.39 is 0 Å². The van der Waals surface area contributed by atoms with Gasteiger partial charge in [0.25, 0.3) is 0 Å². The van der Waals surface area contributed by atoms with E-state index in [1.54, 1.807) is 29.9 Å². The Morgan fingerprint density at radius 1 is 1.32 bits per heavy atom. The van der Waals surface area contributed by atoms with Crippen molar-refractivity contribution in [1.29, 1.82) is 0 Å². The summed E-state index contributed by atoms with van der Waals surface area (Å²) in [6.45, 7) is 2.18. The van der Waals surface area contributed by atoms with Crippen LogP contribution in [0.4, 0.5) is 5.69 Å². The quantitative estimate of drug-likeness (QED) is 0.675. The average Bonchev–Trinajstić information content (AvgIpc) is 3.68. The van der Waals surface area contributed by atoms with Crippen molar-refractivity contribution >= 4 is 11.6 Å². The van der Waals surface area contributed by atoms with E-state index in [4.69, 9.17) is 14.2 Å². The number of anilines is 1. The normalized spacial score (nSPS) is 19.9. The molecule has 3 aliphatic rings. The van der Waals surface area contributed by atoms with Crippen molar-refractivity contribution in [1.82, 2.24) is 24.9 Å². The molecular formula is C21H28N6O4. The van der Waals surface area contributed by atoms with Crippen LogP contribution in [0.25, 0.3) is 11.4 Å². The molecule has 5 rings (SSSR count). The fourth-order valence-electron chi connectivity index (χ4n) is 3.37. The number of hydrogen-bond donors (Lipinski definition) is 1. The molecule has 2 aromatic heterocycles. The van der Waals surface area contributed by atoms with E-state index in [0.29, 0.717) is 23.7 Å². The van der Waals surface area contributed by atoms with Crippen molar-refractivity contribution in [3.05, 3.63) is 18.5 Å². The largest absolute Gasteiger partial charge is 0.488 e. The summed E-state index contributed by atoms with van der Waals surface area (Å²) in [6, 6.07) is 1.87. The molecular weight excluding hydrogens is 400 g/mol. The summed E-state index contributed by atoms with van der Waals surface area (Å²) in [4.78, 5) is 17.9. The van der Waals surface area contributed by atoms with Gasteiger partial charge in [-0.2, -0.15) is 0 Å². The van der Waals surface area contributed by atoms with Crippen molar-refractivity contribution in [3.63, 3.8) is 0 Å². The van der Waals surface area contributed by atoms with Crippen LogP contribution in [-0.4, -0.2) is 77.0 Å². The first kappa shape index (κ1) is 20.2. The molecule has 1 N–H and O–H groups in total. The number of aromatic nitrogens is 4. The maximum absolute atomic E-state index is 11.9. The Morgan fingerprint density at radius 2 is 2.10 bits per heavy atom. The monoisotopic (exact) mass is 428 g/mol. The predicted molar refractivity (Wildman–Crippen MR) is 111 cm³/mol. The SMILES string of the molecule is CN(C)C(=O)CNc1cnc(-c2cn(CC3OCC4(CC4)CO3)nn2)c(OC2CC2)c1. The Balaban J connectivity index is 1.27. The highest BCUT2D eigenvalue weighted by molar-refractivity contribution is 5.80. The molecule has 10 nitrogen and oxygen atoms in total. The Bertz CT molecular complexity index is 943. The molecule has 1 spiro atoms. The third kappa shape index (κ3) is 4.80. The van der Waals surface area contributed by atoms with Gasteiger partial charge < -0.3 is 24.4 Å². The minimum atomic E-state index is -0.309. The highest BCUT2D eigenvalue weighted by Crippen LogP contribution is 2.48. The predicted octanol–water partition coefficient (Wildman–Crippen LogP) is 1.53. The molecule has 0 radical (unpaired) electrons. The third-order valence-electron chi connectivity index (χ3n) is 5.84. The number of amides is 1. The number of likely N-dealkylation sites (N-methyl/N-ethyl adjacent to an activating group) is 1. The van der Waals surface area contributed by atoms with Gasteiger partial charge in [0, 0.05) is 25.6 Å². The van der Waals surface area contributed by atoms with Gasteiger partial charge in [-0.15, -0.1) is 5.10 Å². The van der Waals surface area contributed by atoms with E-state index in [1.165, 1.54) is 12.8 Å². The van der Waals surface area contributed by atoms with Gasteiger partial charge in [-0.1, -0.05) is 5.21 Å². The molecule has 1 amide bonds. The maximum atomic E-state index is 11.9. The number of carbonyl (C=O) groups is 1. The van der Waals surface area contributed by atoms with Crippen LogP contribution in [0.3, 0.4) is 0 Å². The summed E-state index contributed by atoms with van der Waals surface area (Å²) in [5.41, 5.74) is 2.25. The van der Waals surface area contributed by atoms with Crippen LogP contribution in [0, 0.1) is 5.41 Å². The second-order valence-electron chi connectivity index (χ2n) is 8.91. The first-order chi connectivity index (χ1) is 15.0. The van der Waals surface area contributed by atoms with E-state index >= 15 is 0 Å². The molecule has 0 unspecified atom stereocenters. The van der Waals surface area contributed by atoms with E-state index in [9.17, 15) is 4.79 Å². The maximum Gasteiger partial charge on any atom is 0.241 e. The van der Waals surface area contributed by atoms with Gasteiger partial charge in [-0.05, 0) is 25.7 Å². The van der Waals surface area contributed by atoms with Gasteiger partial charge in [0.15, 0.2) is 6.29 Å². The molecule has 2 aromatic rings. The minimum Gasteiger partial charge on any atom is -0.488 e. The molecule has 10 heteroatoms. The van der Waals surface area contributed by atoms with Crippen LogP contribution in [0.5, 0.6) is 5.75 Å². The number of pyridine rings is 1. The molecule has 0 aromatic carbocycles. The van der Waals surface area contributed by atoms with E-state index in [-0.39, 0.29) is 30.3 Å². The van der Waals surface area contributed by atoms with Crippen LogP contribution in [0.1, 0.15) is 25.7 Å². The lowest BCUT2D eigenvalue weighted by atomic mass is 10.1.